The van der Waals surface area contributed by atoms with Crippen molar-refractivity contribution in [3.63, 3.8) is 0 Å². The number of rotatable bonds is 22. The molecule has 5 aliphatic rings. The van der Waals surface area contributed by atoms with Crippen LogP contribution in [-0.2, 0) is 57.2 Å². The fourth-order valence-corrected chi connectivity index (χ4v) is 12.6. The molecule has 0 aromatic rings. The number of esters is 6. The third-order valence-electron chi connectivity index (χ3n) is 23.3. The molecule has 5 unspecified atom stereocenters. The largest absolute Gasteiger partial charge is 0.465 e. The van der Waals surface area contributed by atoms with E-state index >= 15 is 0 Å². The molecule has 5 fully saturated rings. The summed E-state index contributed by atoms with van der Waals surface area (Å²) in [5, 5.41) is 0. The molecule has 5 aliphatic carbocycles. The van der Waals surface area contributed by atoms with Gasteiger partial charge in [-0.1, -0.05) is 143 Å². The summed E-state index contributed by atoms with van der Waals surface area (Å²) in [6.45, 7) is 67.1. The van der Waals surface area contributed by atoms with Gasteiger partial charge in [-0.25, -0.2) is 0 Å². The molecule has 0 amide bonds. The van der Waals surface area contributed by atoms with Crippen molar-refractivity contribution < 1.29 is 57.2 Å². The second kappa shape index (κ2) is 39.1. The van der Waals surface area contributed by atoms with Crippen molar-refractivity contribution in [3.05, 3.63) is 0 Å². The van der Waals surface area contributed by atoms with Crippen LogP contribution in [0.3, 0.4) is 0 Å². The van der Waals surface area contributed by atoms with Gasteiger partial charge in [-0.05, 0) is 279 Å². The lowest BCUT2D eigenvalue weighted by Crippen LogP contribution is -2.40. The topological polar surface area (TPSA) is 158 Å². The van der Waals surface area contributed by atoms with Crippen LogP contribution in [0.5, 0.6) is 0 Å². The van der Waals surface area contributed by atoms with Crippen LogP contribution in [0.15, 0.2) is 0 Å². The summed E-state index contributed by atoms with van der Waals surface area (Å²) in [5.74, 6) is 2.67. The zero-order chi connectivity index (χ0) is 74.2. The minimum atomic E-state index is -0.372. The normalized spacial score (nSPS) is 23.7. The molecule has 0 heterocycles. The quantitative estimate of drug-likeness (QED) is 0.0575. The monoisotopic (exact) mass is 1350 g/mol. The Balaban J connectivity index is 0.00000112. The Morgan fingerprint density at radius 1 is 0.432 bits per heavy atom. The number of hydrogen-bond acceptors (Lipinski definition) is 12. The van der Waals surface area contributed by atoms with Crippen LogP contribution >= 0.6 is 0 Å². The summed E-state index contributed by atoms with van der Waals surface area (Å²) in [6.07, 6.45) is 27.4. The first-order valence-corrected chi connectivity index (χ1v) is 38.4. The molecule has 95 heavy (non-hydrogen) atoms. The van der Waals surface area contributed by atoms with Crippen molar-refractivity contribution in [3.8, 4) is 0 Å². The third kappa shape index (κ3) is 31.9. The number of carbonyl (C=O) groups excluding carboxylic acids is 6. The molecule has 12 heteroatoms. The maximum absolute atomic E-state index is 12.3. The van der Waals surface area contributed by atoms with E-state index in [1.165, 1.54) is 64.2 Å². The van der Waals surface area contributed by atoms with Gasteiger partial charge in [0.2, 0.25) is 0 Å². The zero-order valence-electron chi connectivity index (χ0n) is 68.4. The van der Waals surface area contributed by atoms with E-state index in [9.17, 15) is 28.8 Å². The van der Waals surface area contributed by atoms with Gasteiger partial charge in [0.25, 0.3) is 0 Å². The third-order valence-corrected chi connectivity index (χ3v) is 23.3. The van der Waals surface area contributed by atoms with Crippen molar-refractivity contribution in [2.24, 2.45) is 77.8 Å². The molecule has 0 aromatic heterocycles. The summed E-state index contributed by atoms with van der Waals surface area (Å²) < 4.78 is 33.3. The molecule has 12 nitrogen and oxygen atoms in total. The van der Waals surface area contributed by atoms with Crippen molar-refractivity contribution in [1.29, 1.82) is 0 Å². The maximum atomic E-state index is 12.3. The van der Waals surface area contributed by atoms with Crippen LogP contribution in [0.4, 0.5) is 0 Å². The Morgan fingerprint density at radius 2 is 0.821 bits per heavy atom. The molecule has 0 aliphatic heterocycles. The Bertz CT molecular complexity index is 2270. The van der Waals surface area contributed by atoms with Gasteiger partial charge in [0.05, 0.1) is 39.1 Å². The van der Waals surface area contributed by atoms with Crippen LogP contribution < -0.4 is 0 Å². The van der Waals surface area contributed by atoms with E-state index in [4.69, 9.17) is 28.4 Å². The average molecular weight is 1350 g/mol. The molecule has 0 radical (unpaired) electrons. The van der Waals surface area contributed by atoms with Crippen molar-refractivity contribution >= 4 is 35.8 Å². The minimum Gasteiger partial charge on any atom is -0.465 e. The highest BCUT2D eigenvalue weighted by atomic mass is 16.6. The molecule has 5 rings (SSSR count). The lowest BCUT2D eigenvalue weighted by molar-refractivity contribution is -0.168. The van der Waals surface area contributed by atoms with E-state index in [0.29, 0.717) is 28.8 Å². The van der Waals surface area contributed by atoms with Gasteiger partial charge in [-0.15, -0.1) is 0 Å². The predicted octanol–water partition coefficient (Wildman–Crippen LogP) is 23.2. The van der Waals surface area contributed by atoms with Crippen molar-refractivity contribution in [1.82, 2.24) is 0 Å². The van der Waals surface area contributed by atoms with Crippen molar-refractivity contribution in [2.75, 3.05) is 6.61 Å². The molecule has 5 saturated carbocycles. The van der Waals surface area contributed by atoms with E-state index in [2.05, 4.69) is 76.2 Å². The fraction of sp³-hybridized carbons (Fsp3) is 0.928. The van der Waals surface area contributed by atoms with Crippen LogP contribution in [0, 0.1) is 77.8 Å². The molecule has 5 atom stereocenters. The van der Waals surface area contributed by atoms with Crippen molar-refractivity contribution in [2.45, 2.75) is 412 Å². The summed E-state index contributed by atoms with van der Waals surface area (Å²) in [4.78, 5) is 71.2. The first-order chi connectivity index (χ1) is 43.1. The van der Waals surface area contributed by atoms with Gasteiger partial charge < -0.3 is 28.4 Å². The SMILES string of the molecule is CCC(C)(C)C(=O)OC(C)(C)C.CCC(C)(C)C(=O)OC1CC(C)CC(C)(C)C1.CCC(C)(C)C(=O)OC1CC2CCC1(C)C2(C)C.CCC(C)(C)C(=O)OC1CCC(C(C)(C)C)CC1.CCC(C)(C)C(=O)OC1CCCCC1.CCC(C)(C)C(=O)OCCCCCC(C)C. The molecule has 0 spiro atoms. The molecule has 560 valence electrons. The Kier molecular flexibility index (Phi) is 37.8. The lowest BCUT2D eigenvalue weighted by Gasteiger charge is -2.39. The summed E-state index contributed by atoms with van der Waals surface area (Å²) >= 11 is 0. The van der Waals surface area contributed by atoms with E-state index < -0.39 is 0 Å². The average Bonchev–Trinajstić information content (AvgIpc) is 1.56. The highest BCUT2D eigenvalue weighted by Gasteiger charge is 2.63. The van der Waals surface area contributed by atoms with Crippen LogP contribution in [0.2, 0.25) is 0 Å². The number of hydrogen-bond donors (Lipinski definition) is 0. The summed E-state index contributed by atoms with van der Waals surface area (Å²) in [5.41, 5.74) is -1.19. The Hall–Kier alpha value is -3.18. The first kappa shape index (κ1) is 91.8. The lowest BCUT2D eigenvalue weighted by atomic mass is 9.70. The van der Waals surface area contributed by atoms with Gasteiger partial charge >= 0.3 is 35.8 Å². The number of ether oxygens (including phenoxy) is 6. The van der Waals surface area contributed by atoms with Crippen LogP contribution in [-0.4, -0.2) is 72.4 Å². The van der Waals surface area contributed by atoms with Gasteiger partial charge in [-0.3, -0.25) is 28.8 Å². The van der Waals surface area contributed by atoms with E-state index in [1.54, 1.807) is 0 Å². The summed E-state index contributed by atoms with van der Waals surface area (Å²) in [6, 6.07) is 0. The van der Waals surface area contributed by atoms with E-state index in [1.807, 2.05) is 145 Å². The maximum Gasteiger partial charge on any atom is 0.312 e. The zero-order valence-corrected chi connectivity index (χ0v) is 68.4. The second-order valence-corrected chi connectivity index (χ2v) is 37.7. The number of unbranched alkanes of at least 4 members (excludes halogenated alkanes) is 2. The minimum absolute atomic E-state index is 0.0143. The molecule has 0 saturated heterocycles. The van der Waals surface area contributed by atoms with Gasteiger partial charge in [0.1, 0.15) is 30.0 Å². The highest BCUT2D eigenvalue weighted by Crippen LogP contribution is 2.66. The Morgan fingerprint density at radius 3 is 1.18 bits per heavy atom. The standard InChI is InChI=1S/C16H28O2.C16H30O2.C15H28O2.C14H28O2.C12H22O2.C10H20O2/c1-7-14(2,3)13(17)18-12-10-11-8-9-16(12,6)15(11,4)5;1-7-16(5,6)14(17)18-13-10-8-12(9-11-13)15(2,3)4;1-7-15(5,6)13(16)17-12-8-11(2)9-14(3,4)10-12;1-6-14(4,5)13(15)16-11-9-7-8-10-12(2)3;1-4-12(2,3)11(13)14-10-8-6-5-7-9-10;1-7-10(5,6)8(11)12-9(2,3)4/h11-12H,7-10H2,1-6H3;12-13H,7-11H2,1-6H3;11-12H,7-10H2,1-6H3;12H,6-11H2,1-5H3;10H,4-9H2,1-3H3;7H2,1-6H3. The summed E-state index contributed by atoms with van der Waals surface area (Å²) in [7, 11) is 0. The fourth-order valence-electron chi connectivity index (χ4n) is 12.6. The highest BCUT2D eigenvalue weighted by molar-refractivity contribution is 5.78. The molecule has 0 N–H and O–H groups in total. The van der Waals surface area contributed by atoms with Crippen LogP contribution in [0.1, 0.15) is 382 Å². The van der Waals surface area contributed by atoms with E-state index in [0.717, 1.165) is 114 Å². The second-order valence-electron chi connectivity index (χ2n) is 37.7. The number of fused-ring (bicyclic) bond motifs is 2. The van der Waals surface area contributed by atoms with Gasteiger partial charge in [0, 0.05) is 5.41 Å². The molecule has 0 aromatic carbocycles. The van der Waals surface area contributed by atoms with Gasteiger partial charge in [-0.2, -0.15) is 0 Å². The van der Waals surface area contributed by atoms with Gasteiger partial charge in [0.15, 0.2) is 0 Å². The van der Waals surface area contributed by atoms with E-state index in [-0.39, 0.29) is 104 Å². The van der Waals surface area contributed by atoms with Crippen LogP contribution in [0.25, 0.3) is 0 Å². The molecular formula is C83H156O12. The Labute approximate surface area is 586 Å². The smallest absolute Gasteiger partial charge is 0.312 e. The number of carbonyl (C=O) groups is 6. The molecular weight excluding hydrogens is 1190 g/mol. The first-order valence-electron chi connectivity index (χ1n) is 38.4. The molecule has 2 bridgehead atoms. The predicted molar refractivity (Wildman–Crippen MR) is 395 cm³/mol.